The Labute approximate surface area is 158 Å². The number of rotatable bonds is 3. The Morgan fingerprint density at radius 3 is 2.88 bits per heavy atom. The van der Waals surface area contributed by atoms with Gasteiger partial charge < -0.3 is 9.30 Å². The minimum atomic E-state index is -0.390. The normalized spacial score (nSPS) is 11.5. The van der Waals surface area contributed by atoms with Gasteiger partial charge in [0, 0.05) is 5.56 Å². The molecule has 0 aliphatic carbocycles. The Bertz CT molecular complexity index is 1080. The zero-order chi connectivity index (χ0) is 18.0. The fraction of sp³-hybridized carbons (Fsp3) is 0.111. The molecule has 0 radical (unpaired) electrons. The topological polar surface area (TPSA) is 43.6 Å². The molecule has 1 aromatic heterocycles. The summed E-state index contributed by atoms with van der Waals surface area (Å²) < 4.78 is 7.70. The zero-order valence-electron chi connectivity index (χ0n) is 13.1. The second kappa shape index (κ2) is 7.32. The second-order valence-electron chi connectivity index (χ2n) is 5.03. The van der Waals surface area contributed by atoms with Crippen LogP contribution in [0.3, 0.4) is 0 Å². The first-order valence-corrected chi connectivity index (χ1v) is 8.76. The molecule has 7 heteroatoms. The van der Waals surface area contributed by atoms with Crippen molar-refractivity contribution in [2.75, 3.05) is 7.11 Å². The van der Waals surface area contributed by atoms with Crippen LogP contribution in [0, 0.1) is 12.3 Å². The third kappa shape index (κ3) is 3.42. The maximum absolute atomic E-state index is 12.5. The van der Waals surface area contributed by atoms with E-state index in [0.29, 0.717) is 31.7 Å². The van der Waals surface area contributed by atoms with Crippen LogP contribution in [0.25, 0.3) is 10.2 Å². The molecule has 0 N–H and O–H groups in total. The molecule has 3 rings (SSSR count). The molecule has 0 bridgehead atoms. The van der Waals surface area contributed by atoms with Gasteiger partial charge in [-0.2, -0.15) is 4.99 Å². The van der Waals surface area contributed by atoms with E-state index >= 15 is 0 Å². The number of carbonyl (C=O) groups is 1. The van der Waals surface area contributed by atoms with Crippen molar-refractivity contribution in [2.45, 2.75) is 6.54 Å². The minimum absolute atomic E-state index is 0.226. The van der Waals surface area contributed by atoms with Crippen molar-refractivity contribution >= 4 is 50.7 Å². The van der Waals surface area contributed by atoms with Crippen molar-refractivity contribution in [3.05, 3.63) is 56.8 Å². The monoisotopic (exact) mass is 390 g/mol. The molecule has 0 saturated heterocycles. The Hall–Kier alpha value is -2.26. The van der Waals surface area contributed by atoms with E-state index in [4.69, 9.17) is 34.4 Å². The van der Waals surface area contributed by atoms with E-state index in [1.54, 1.807) is 42.0 Å². The summed E-state index contributed by atoms with van der Waals surface area (Å²) in [5.74, 6) is 2.75. The summed E-state index contributed by atoms with van der Waals surface area (Å²) >= 11 is 13.7. The van der Waals surface area contributed by atoms with Crippen molar-refractivity contribution < 1.29 is 9.53 Å². The molecule has 0 aliphatic rings. The van der Waals surface area contributed by atoms with Gasteiger partial charge in [0.15, 0.2) is 4.80 Å². The Balaban J connectivity index is 2.18. The van der Waals surface area contributed by atoms with Crippen LogP contribution in [0.5, 0.6) is 5.75 Å². The molecule has 2 aromatic carbocycles. The first-order valence-electron chi connectivity index (χ1n) is 7.19. The predicted molar refractivity (Wildman–Crippen MR) is 102 cm³/mol. The maximum atomic E-state index is 12.5. The van der Waals surface area contributed by atoms with E-state index in [1.165, 1.54) is 11.3 Å². The number of hydrogen-bond donors (Lipinski definition) is 0. The third-order valence-corrected chi connectivity index (χ3v) is 5.34. The predicted octanol–water partition coefficient (Wildman–Crippen LogP) is 4.39. The van der Waals surface area contributed by atoms with Gasteiger partial charge in [0.25, 0.3) is 5.91 Å². The lowest BCUT2D eigenvalue weighted by atomic mass is 10.2. The van der Waals surface area contributed by atoms with Crippen LogP contribution in [0.4, 0.5) is 0 Å². The lowest BCUT2D eigenvalue weighted by molar-refractivity contribution is 0.0997. The lowest BCUT2D eigenvalue weighted by Crippen LogP contribution is -2.16. The highest BCUT2D eigenvalue weighted by molar-refractivity contribution is 7.16. The summed E-state index contributed by atoms with van der Waals surface area (Å²) in [6.07, 6.45) is 5.46. The summed E-state index contributed by atoms with van der Waals surface area (Å²) in [7, 11) is 1.54. The number of halogens is 2. The van der Waals surface area contributed by atoms with Crippen LogP contribution in [-0.4, -0.2) is 17.6 Å². The largest absolute Gasteiger partial charge is 0.497 e. The summed E-state index contributed by atoms with van der Waals surface area (Å²) in [5, 5.41) is 0.810. The van der Waals surface area contributed by atoms with Gasteiger partial charge in [0.1, 0.15) is 5.75 Å². The number of thiazole rings is 1. The minimum Gasteiger partial charge on any atom is -0.497 e. The number of benzene rings is 2. The number of carbonyl (C=O) groups excluding carboxylic acids is 1. The first-order chi connectivity index (χ1) is 12.0. The number of amides is 1. The van der Waals surface area contributed by atoms with Gasteiger partial charge in [-0.05, 0) is 30.3 Å². The smallest absolute Gasteiger partial charge is 0.279 e. The van der Waals surface area contributed by atoms with Gasteiger partial charge in [-0.15, -0.1) is 6.42 Å². The third-order valence-electron chi connectivity index (χ3n) is 3.50. The van der Waals surface area contributed by atoms with Crippen LogP contribution >= 0.6 is 34.5 Å². The van der Waals surface area contributed by atoms with E-state index in [-0.39, 0.29) is 6.54 Å². The molecule has 0 spiro atoms. The number of nitrogens with zero attached hydrogens (tertiary/aromatic N) is 2. The standard InChI is InChI=1S/C18H12Cl2N2O2S/c1-3-9-22-16-14(8-7-13(19)15(16)20)25-18(22)21-17(23)11-5-4-6-12(10-11)24-2/h1,4-8,10H,9H2,2H3. The number of hydrogen-bond acceptors (Lipinski definition) is 3. The van der Waals surface area contributed by atoms with Crippen molar-refractivity contribution in [3.63, 3.8) is 0 Å². The second-order valence-corrected chi connectivity index (χ2v) is 6.83. The molecule has 4 nitrogen and oxygen atoms in total. The van der Waals surface area contributed by atoms with Gasteiger partial charge in [-0.25, -0.2) is 0 Å². The van der Waals surface area contributed by atoms with Gasteiger partial charge in [0.2, 0.25) is 0 Å². The number of methoxy groups -OCH3 is 1. The molecule has 1 amide bonds. The van der Waals surface area contributed by atoms with E-state index in [1.807, 2.05) is 6.07 Å². The van der Waals surface area contributed by atoms with Crippen molar-refractivity contribution in [1.82, 2.24) is 4.57 Å². The maximum Gasteiger partial charge on any atom is 0.279 e. The van der Waals surface area contributed by atoms with E-state index in [2.05, 4.69) is 10.9 Å². The highest BCUT2D eigenvalue weighted by Gasteiger charge is 2.13. The molecular formula is C18H12Cl2N2O2S. The molecular weight excluding hydrogens is 379 g/mol. The van der Waals surface area contributed by atoms with E-state index in [0.717, 1.165) is 4.70 Å². The molecule has 25 heavy (non-hydrogen) atoms. The molecule has 3 aromatic rings. The number of aromatic nitrogens is 1. The molecule has 0 saturated carbocycles. The Morgan fingerprint density at radius 2 is 2.16 bits per heavy atom. The summed E-state index contributed by atoms with van der Waals surface area (Å²) in [6.45, 7) is 0.226. The summed E-state index contributed by atoms with van der Waals surface area (Å²) in [5.41, 5.74) is 1.10. The number of terminal acetylenes is 1. The summed E-state index contributed by atoms with van der Waals surface area (Å²) in [6, 6.07) is 10.3. The zero-order valence-corrected chi connectivity index (χ0v) is 15.5. The fourth-order valence-electron chi connectivity index (χ4n) is 2.33. The highest BCUT2D eigenvalue weighted by atomic mass is 35.5. The van der Waals surface area contributed by atoms with E-state index < -0.39 is 5.91 Å². The SMILES string of the molecule is C#CCn1c(=NC(=O)c2cccc(OC)c2)sc2ccc(Cl)c(Cl)c21. The number of ether oxygens (including phenoxy) is 1. The fourth-order valence-corrected chi connectivity index (χ4v) is 3.85. The van der Waals surface area contributed by atoms with Crippen LogP contribution in [0.15, 0.2) is 41.4 Å². The summed E-state index contributed by atoms with van der Waals surface area (Å²) in [4.78, 5) is 17.2. The Morgan fingerprint density at radius 1 is 1.36 bits per heavy atom. The van der Waals surface area contributed by atoms with E-state index in [9.17, 15) is 4.79 Å². The molecule has 1 heterocycles. The first kappa shape index (κ1) is 17.6. The average molecular weight is 391 g/mol. The lowest BCUT2D eigenvalue weighted by Gasteiger charge is -2.03. The average Bonchev–Trinajstić information content (AvgIpc) is 2.96. The molecule has 0 unspecified atom stereocenters. The Kier molecular flexibility index (Phi) is 5.14. The molecule has 0 atom stereocenters. The highest BCUT2D eigenvalue weighted by Crippen LogP contribution is 2.32. The van der Waals surface area contributed by atoms with Crippen molar-refractivity contribution in [2.24, 2.45) is 4.99 Å². The van der Waals surface area contributed by atoms with Crippen LogP contribution in [-0.2, 0) is 6.54 Å². The molecule has 0 fully saturated rings. The van der Waals surface area contributed by atoms with Crippen molar-refractivity contribution in [1.29, 1.82) is 0 Å². The van der Waals surface area contributed by atoms with Gasteiger partial charge in [-0.3, -0.25) is 4.79 Å². The quantitative estimate of drug-likeness (QED) is 0.622. The van der Waals surface area contributed by atoms with Crippen LogP contribution in [0.1, 0.15) is 10.4 Å². The van der Waals surface area contributed by atoms with Crippen LogP contribution < -0.4 is 9.54 Å². The molecule has 126 valence electrons. The van der Waals surface area contributed by atoms with Crippen LogP contribution in [0.2, 0.25) is 10.0 Å². The van der Waals surface area contributed by atoms with Gasteiger partial charge in [-0.1, -0.05) is 46.5 Å². The number of fused-ring (bicyclic) bond motifs is 1. The van der Waals surface area contributed by atoms with Gasteiger partial charge >= 0.3 is 0 Å². The van der Waals surface area contributed by atoms with Crippen molar-refractivity contribution in [3.8, 4) is 18.1 Å². The van der Waals surface area contributed by atoms with Gasteiger partial charge in [0.05, 0.1) is 33.9 Å². The molecule has 0 aliphatic heterocycles.